The van der Waals surface area contributed by atoms with Gasteiger partial charge in [-0.15, -0.1) is 0 Å². The van der Waals surface area contributed by atoms with Crippen molar-refractivity contribution >= 4 is 11.6 Å². The second-order valence-electron chi connectivity index (χ2n) is 5.93. The zero-order valence-corrected chi connectivity index (χ0v) is 13.6. The molecule has 0 atom stereocenters. The standard InChI is InChI=1S/C19H23NO2/c1-13(2)15-8-10-17(11-9-15)20-19(21)16-6-5-7-18(12-16)22-14(3)4/h5-14H,1-4H3,(H,20,21). The summed E-state index contributed by atoms with van der Waals surface area (Å²) in [4.78, 5) is 12.3. The Morgan fingerprint density at radius 3 is 2.27 bits per heavy atom. The summed E-state index contributed by atoms with van der Waals surface area (Å²) in [6, 6.07) is 15.2. The smallest absolute Gasteiger partial charge is 0.255 e. The third kappa shape index (κ3) is 4.35. The molecule has 2 aromatic rings. The van der Waals surface area contributed by atoms with Crippen LogP contribution in [0.15, 0.2) is 48.5 Å². The molecule has 116 valence electrons. The van der Waals surface area contributed by atoms with Gasteiger partial charge in [0.1, 0.15) is 5.75 Å². The highest BCUT2D eigenvalue weighted by molar-refractivity contribution is 6.04. The van der Waals surface area contributed by atoms with Crippen molar-refractivity contribution in [3.63, 3.8) is 0 Å². The summed E-state index contributed by atoms with van der Waals surface area (Å²) in [6.45, 7) is 8.22. The Hall–Kier alpha value is -2.29. The molecule has 0 radical (unpaired) electrons. The van der Waals surface area contributed by atoms with Crippen LogP contribution in [-0.2, 0) is 0 Å². The van der Waals surface area contributed by atoms with Crippen molar-refractivity contribution in [1.82, 2.24) is 0 Å². The van der Waals surface area contributed by atoms with Crippen molar-refractivity contribution in [3.8, 4) is 5.75 Å². The second kappa shape index (κ2) is 7.12. The quantitative estimate of drug-likeness (QED) is 0.856. The molecule has 2 rings (SSSR count). The van der Waals surface area contributed by atoms with Gasteiger partial charge in [0.15, 0.2) is 0 Å². The summed E-state index contributed by atoms with van der Waals surface area (Å²) < 4.78 is 5.62. The molecule has 0 aliphatic heterocycles. The minimum Gasteiger partial charge on any atom is -0.491 e. The van der Waals surface area contributed by atoms with Crippen LogP contribution in [0.4, 0.5) is 5.69 Å². The van der Waals surface area contributed by atoms with Gasteiger partial charge in [-0.3, -0.25) is 4.79 Å². The van der Waals surface area contributed by atoms with E-state index in [0.717, 1.165) is 5.69 Å². The molecule has 0 spiro atoms. The zero-order chi connectivity index (χ0) is 16.1. The van der Waals surface area contributed by atoms with Gasteiger partial charge in [0.05, 0.1) is 6.10 Å². The molecule has 1 N–H and O–H groups in total. The van der Waals surface area contributed by atoms with Gasteiger partial charge >= 0.3 is 0 Å². The van der Waals surface area contributed by atoms with Gasteiger partial charge < -0.3 is 10.1 Å². The first kappa shape index (κ1) is 16.1. The predicted octanol–water partition coefficient (Wildman–Crippen LogP) is 4.85. The molecule has 0 aromatic heterocycles. The number of benzene rings is 2. The molecule has 0 aliphatic rings. The van der Waals surface area contributed by atoms with E-state index in [-0.39, 0.29) is 12.0 Å². The molecular weight excluding hydrogens is 274 g/mol. The van der Waals surface area contributed by atoms with Crippen LogP contribution < -0.4 is 10.1 Å². The SMILES string of the molecule is CC(C)Oc1cccc(C(=O)Nc2ccc(C(C)C)cc2)c1. The van der Waals surface area contributed by atoms with E-state index in [1.807, 2.05) is 50.2 Å². The molecule has 0 bridgehead atoms. The van der Waals surface area contributed by atoms with Gasteiger partial charge in [0.25, 0.3) is 5.91 Å². The number of carbonyl (C=O) groups excluding carboxylic acids is 1. The van der Waals surface area contributed by atoms with Gasteiger partial charge in [-0.25, -0.2) is 0 Å². The lowest BCUT2D eigenvalue weighted by Gasteiger charge is -2.11. The molecule has 2 aromatic carbocycles. The van der Waals surface area contributed by atoms with Crippen LogP contribution in [0, 0.1) is 0 Å². The van der Waals surface area contributed by atoms with E-state index in [9.17, 15) is 4.79 Å². The fourth-order valence-corrected chi connectivity index (χ4v) is 2.14. The van der Waals surface area contributed by atoms with Crippen LogP contribution in [-0.4, -0.2) is 12.0 Å². The van der Waals surface area contributed by atoms with Gasteiger partial charge in [0.2, 0.25) is 0 Å². The highest BCUT2D eigenvalue weighted by Gasteiger charge is 2.08. The van der Waals surface area contributed by atoms with Crippen molar-refractivity contribution in [1.29, 1.82) is 0 Å². The number of hydrogen-bond acceptors (Lipinski definition) is 2. The number of rotatable bonds is 5. The van der Waals surface area contributed by atoms with Crippen LogP contribution in [0.5, 0.6) is 5.75 Å². The van der Waals surface area contributed by atoms with Crippen LogP contribution in [0.25, 0.3) is 0 Å². The van der Waals surface area contributed by atoms with Crippen LogP contribution in [0.2, 0.25) is 0 Å². The summed E-state index contributed by atoms with van der Waals surface area (Å²) in [5.41, 5.74) is 2.64. The van der Waals surface area contributed by atoms with E-state index in [1.54, 1.807) is 12.1 Å². The van der Waals surface area contributed by atoms with Crippen molar-refractivity contribution in [2.75, 3.05) is 5.32 Å². The minimum atomic E-state index is -0.133. The van der Waals surface area contributed by atoms with Crippen LogP contribution in [0.1, 0.15) is 49.5 Å². The van der Waals surface area contributed by atoms with E-state index in [4.69, 9.17) is 4.74 Å². The first-order chi connectivity index (χ1) is 10.5. The molecule has 3 heteroatoms. The topological polar surface area (TPSA) is 38.3 Å². The Labute approximate surface area is 132 Å². The van der Waals surface area contributed by atoms with Gasteiger partial charge in [-0.2, -0.15) is 0 Å². The van der Waals surface area contributed by atoms with E-state index >= 15 is 0 Å². The van der Waals surface area contributed by atoms with E-state index in [0.29, 0.717) is 17.2 Å². The van der Waals surface area contributed by atoms with Crippen LogP contribution in [0.3, 0.4) is 0 Å². The first-order valence-corrected chi connectivity index (χ1v) is 7.63. The third-order valence-corrected chi connectivity index (χ3v) is 3.30. The predicted molar refractivity (Wildman–Crippen MR) is 90.7 cm³/mol. The molecular formula is C19H23NO2. The van der Waals surface area contributed by atoms with Crippen LogP contribution >= 0.6 is 0 Å². The Morgan fingerprint density at radius 2 is 1.68 bits per heavy atom. The second-order valence-corrected chi connectivity index (χ2v) is 5.93. The maximum Gasteiger partial charge on any atom is 0.255 e. The number of nitrogens with one attached hydrogen (secondary N) is 1. The Morgan fingerprint density at radius 1 is 1.00 bits per heavy atom. The highest BCUT2D eigenvalue weighted by Crippen LogP contribution is 2.19. The maximum atomic E-state index is 12.3. The van der Waals surface area contributed by atoms with Crippen molar-refractivity contribution in [3.05, 3.63) is 59.7 Å². The molecule has 0 fully saturated rings. The first-order valence-electron chi connectivity index (χ1n) is 7.63. The zero-order valence-electron chi connectivity index (χ0n) is 13.6. The number of ether oxygens (including phenoxy) is 1. The summed E-state index contributed by atoms with van der Waals surface area (Å²) in [6.07, 6.45) is 0.0851. The van der Waals surface area contributed by atoms with E-state index in [2.05, 4.69) is 19.2 Å². The largest absolute Gasteiger partial charge is 0.491 e. The van der Waals surface area contributed by atoms with Gasteiger partial charge in [0, 0.05) is 11.3 Å². The van der Waals surface area contributed by atoms with E-state index < -0.39 is 0 Å². The summed E-state index contributed by atoms with van der Waals surface area (Å²) in [5.74, 6) is 1.05. The van der Waals surface area contributed by atoms with Gasteiger partial charge in [-0.1, -0.05) is 32.0 Å². The number of amides is 1. The Balaban J connectivity index is 2.08. The van der Waals surface area contributed by atoms with E-state index in [1.165, 1.54) is 5.56 Å². The molecule has 1 amide bonds. The lowest BCUT2D eigenvalue weighted by Crippen LogP contribution is -2.12. The monoisotopic (exact) mass is 297 g/mol. The normalized spacial score (nSPS) is 10.8. The molecule has 0 saturated heterocycles. The lowest BCUT2D eigenvalue weighted by molar-refractivity contribution is 0.102. The molecule has 0 unspecified atom stereocenters. The average Bonchev–Trinajstić information content (AvgIpc) is 2.47. The molecule has 0 heterocycles. The lowest BCUT2D eigenvalue weighted by atomic mass is 10.0. The summed E-state index contributed by atoms with van der Waals surface area (Å²) >= 11 is 0. The number of hydrogen-bond donors (Lipinski definition) is 1. The van der Waals surface area contributed by atoms with Crippen molar-refractivity contribution < 1.29 is 9.53 Å². The average molecular weight is 297 g/mol. The minimum absolute atomic E-state index is 0.0851. The summed E-state index contributed by atoms with van der Waals surface area (Å²) in [7, 11) is 0. The highest BCUT2D eigenvalue weighted by atomic mass is 16.5. The fraction of sp³-hybridized carbons (Fsp3) is 0.316. The Kier molecular flexibility index (Phi) is 5.21. The molecule has 3 nitrogen and oxygen atoms in total. The Bertz CT molecular complexity index is 630. The third-order valence-electron chi connectivity index (χ3n) is 3.30. The summed E-state index contributed by atoms with van der Waals surface area (Å²) in [5, 5.41) is 2.91. The number of carbonyl (C=O) groups is 1. The maximum absolute atomic E-state index is 12.3. The fourth-order valence-electron chi connectivity index (χ4n) is 2.14. The number of anilines is 1. The molecule has 0 aliphatic carbocycles. The van der Waals surface area contributed by atoms with Gasteiger partial charge in [-0.05, 0) is 55.7 Å². The molecule has 22 heavy (non-hydrogen) atoms. The van der Waals surface area contributed by atoms with Crippen molar-refractivity contribution in [2.24, 2.45) is 0 Å². The molecule has 0 saturated carbocycles. The van der Waals surface area contributed by atoms with Crippen molar-refractivity contribution in [2.45, 2.75) is 39.7 Å².